The number of phenolic OH excluding ortho intramolecular Hbond substituents is 1. The molecule has 0 heterocycles. The van der Waals surface area contributed by atoms with Crippen molar-refractivity contribution >= 4 is 5.97 Å². The van der Waals surface area contributed by atoms with Gasteiger partial charge in [-0.15, -0.1) is 0 Å². The number of halogens is 1. The molecule has 0 unspecified atom stereocenters. The van der Waals surface area contributed by atoms with Crippen LogP contribution in [0.25, 0.3) is 0 Å². The van der Waals surface area contributed by atoms with E-state index in [1.807, 2.05) is 0 Å². The molecule has 1 aromatic rings. The number of hydrogen-bond acceptors (Lipinski definition) is 5. The highest BCUT2D eigenvalue weighted by Gasteiger charge is 2.22. The minimum absolute atomic E-state index is 0.197. The summed E-state index contributed by atoms with van der Waals surface area (Å²) >= 11 is 0. The normalized spacial score (nSPS) is 10.1. The lowest BCUT2D eigenvalue weighted by Gasteiger charge is -1.97. The van der Waals surface area contributed by atoms with Gasteiger partial charge in [0.2, 0.25) is 0 Å². The van der Waals surface area contributed by atoms with E-state index in [0.717, 1.165) is 0 Å². The average molecular weight is 205 g/mol. The van der Waals surface area contributed by atoms with Gasteiger partial charge in [-0.25, -0.2) is 4.79 Å². The molecule has 0 atom stereocenters. The highest BCUT2D eigenvalue weighted by Crippen LogP contribution is 2.16. The summed E-state index contributed by atoms with van der Waals surface area (Å²) in [5.41, 5.74) is -0.197. The summed E-state index contributed by atoms with van der Waals surface area (Å²) in [4.78, 5) is 10.9. The van der Waals surface area contributed by atoms with Gasteiger partial charge < -0.3 is 14.4 Å². The van der Waals surface area contributed by atoms with E-state index < -0.39 is 16.8 Å². The predicted octanol–water partition coefficient (Wildman–Crippen LogP) is -1.36. The maximum atomic E-state index is 10.9. The molecule has 1 aromatic carbocycles. The summed E-state index contributed by atoms with van der Waals surface area (Å²) in [7, 11) is -2.59. The first-order valence-electron chi connectivity index (χ1n) is 3.17. The van der Waals surface area contributed by atoms with E-state index >= 15 is 0 Å². The molecule has 1 rings (SSSR count). The molecular formula is C7H5ClO5. The molecule has 5 nitrogen and oxygen atoms in total. The molecule has 0 aliphatic heterocycles. The summed E-state index contributed by atoms with van der Waals surface area (Å²) in [5, 5.41) is 9.09. The molecule has 0 saturated heterocycles. The quantitative estimate of drug-likeness (QED) is 0.642. The van der Waals surface area contributed by atoms with E-state index in [1.165, 1.54) is 24.3 Å². The van der Waals surface area contributed by atoms with Crippen LogP contribution in [0.3, 0.4) is 0 Å². The van der Waals surface area contributed by atoms with Crippen LogP contribution in [0.15, 0.2) is 24.3 Å². The largest absolute Gasteiger partial charge is 0.507 e. The third kappa shape index (κ3) is 2.59. The van der Waals surface area contributed by atoms with Crippen molar-refractivity contribution in [1.29, 1.82) is 0 Å². The highest BCUT2D eigenvalue weighted by atomic mass is 35.6. The fraction of sp³-hybridized carbons (Fsp3) is 0. The lowest BCUT2D eigenvalue weighted by Crippen LogP contribution is -2.36. The van der Waals surface area contributed by atoms with Crippen LogP contribution in [0.4, 0.5) is 0 Å². The number of para-hydroxylation sites is 1. The Morgan fingerprint density at radius 3 is 2.54 bits per heavy atom. The van der Waals surface area contributed by atoms with Crippen LogP contribution in [-0.4, -0.2) is 11.1 Å². The minimum Gasteiger partial charge on any atom is -0.507 e. The maximum Gasteiger partial charge on any atom is 0.456 e. The zero-order valence-corrected chi connectivity index (χ0v) is 7.02. The number of hydrogen-bond donors (Lipinski definition) is 1. The van der Waals surface area contributed by atoms with Crippen LogP contribution in [0.1, 0.15) is 10.4 Å². The number of aromatic hydroxyl groups is 1. The van der Waals surface area contributed by atoms with Crippen molar-refractivity contribution in [1.82, 2.24) is 0 Å². The van der Waals surface area contributed by atoms with Gasteiger partial charge >= 0.3 is 16.8 Å². The van der Waals surface area contributed by atoms with Gasteiger partial charge in [0.25, 0.3) is 0 Å². The topological polar surface area (TPSA) is 92.7 Å². The van der Waals surface area contributed by atoms with Gasteiger partial charge in [0.1, 0.15) is 11.3 Å². The third-order valence-corrected chi connectivity index (χ3v) is 1.52. The molecule has 0 radical (unpaired) electrons. The molecule has 70 valence electrons. The zero-order valence-electron chi connectivity index (χ0n) is 6.27. The molecule has 0 fully saturated rings. The highest BCUT2D eigenvalue weighted by molar-refractivity contribution is 5.91. The van der Waals surface area contributed by atoms with Crippen molar-refractivity contribution in [2.45, 2.75) is 0 Å². The van der Waals surface area contributed by atoms with Crippen molar-refractivity contribution in [2.75, 3.05) is 0 Å². The molecule has 6 heteroatoms. The molecule has 13 heavy (non-hydrogen) atoms. The summed E-state index contributed by atoms with van der Waals surface area (Å²) in [6, 6.07) is 5.47. The Balaban J connectivity index is 2.83. The second-order valence-corrected chi connectivity index (χ2v) is 2.60. The summed E-state index contributed by atoms with van der Waals surface area (Å²) in [6.45, 7) is 0. The van der Waals surface area contributed by atoms with Gasteiger partial charge in [-0.05, 0) is 12.1 Å². The maximum absolute atomic E-state index is 10.9. The van der Waals surface area contributed by atoms with E-state index in [9.17, 15) is 14.1 Å². The van der Waals surface area contributed by atoms with Gasteiger partial charge in [0.15, 0.2) is 0 Å². The number of benzene rings is 1. The van der Waals surface area contributed by atoms with E-state index in [0.29, 0.717) is 0 Å². The Kier molecular flexibility index (Phi) is 3.07. The predicted molar refractivity (Wildman–Crippen MR) is 33.5 cm³/mol. The first kappa shape index (κ1) is 9.79. The van der Waals surface area contributed by atoms with Crippen LogP contribution in [0.5, 0.6) is 5.75 Å². The molecule has 0 amide bonds. The number of rotatable bonds is 2. The lowest BCUT2D eigenvalue weighted by molar-refractivity contribution is -1.62. The Morgan fingerprint density at radius 2 is 2.00 bits per heavy atom. The van der Waals surface area contributed by atoms with Gasteiger partial charge in [-0.3, -0.25) is 0 Å². The van der Waals surface area contributed by atoms with Gasteiger partial charge in [0, 0.05) is 0 Å². The molecule has 0 bridgehead atoms. The molecule has 0 saturated carbocycles. The zero-order chi connectivity index (χ0) is 9.84. The number of carbonyl (C=O) groups excluding carboxylic acids is 1. The van der Waals surface area contributed by atoms with Crippen molar-refractivity contribution in [3.05, 3.63) is 29.8 Å². The van der Waals surface area contributed by atoms with E-state index in [4.69, 9.17) is 5.11 Å². The molecular weight excluding hydrogens is 200 g/mol. The SMILES string of the molecule is O=C(O[Cl+2]([O-])[O-])c1ccccc1O. The van der Waals surface area contributed by atoms with Crippen LogP contribution in [-0.2, 0) is 4.29 Å². The Hall–Kier alpha value is -1.30. The Labute approximate surface area is 76.6 Å². The summed E-state index contributed by atoms with van der Waals surface area (Å²) in [6.07, 6.45) is 0. The third-order valence-electron chi connectivity index (χ3n) is 1.26. The molecule has 0 aromatic heterocycles. The second-order valence-electron chi connectivity index (χ2n) is 2.07. The van der Waals surface area contributed by atoms with Crippen molar-refractivity contribution in [3.8, 4) is 5.75 Å². The fourth-order valence-corrected chi connectivity index (χ4v) is 0.943. The average Bonchev–Trinajstić information content (AvgIpc) is 2.03. The molecule has 1 N–H and O–H groups in total. The number of carbonyl (C=O) groups is 1. The van der Waals surface area contributed by atoms with E-state index in [1.54, 1.807) is 0 Å². The first-order chi connectivity index (χ1) is 6.11. The Morgan fingerprint density at radius 1 is 1.38 bits per heavy atom. The summed E-state index contributed by atoms with van der Waals surface area (Å²) in [5.74, 6) is -1.45. The van der Waals surface area contributed by atoms with Crippen molar-refractivity contribution in [3.63, 3.8) is 0 Å². The molecule has 0 spiro atoms. The van der Waals surface area contributed by atoms with Crippen molar-refractivity contribution < 1.29 is 34.3 Å². The number of phenols is 1. The van der Waals surface area contributed by atoms with Crippen molar-refractivity contribution in [2.24, 2.45) is 0 Å². The summed E-state index contributed by atoms with van der Waals surface area (Å²) < 4.78 is 23.7. The Bertz CT molecular complexity index is 312. The van der Waals surface area contributed by atoms with Crippen LogP contribution in [0, 0.1) is 10.8 Å². The van der Waals surface area contributed by atoms with Gasteiger partial charge in [-0.2, -0.15) is 0 Å². The molecule has 0 aliphatic rings. The minimum atomic E-state index is -2.59. The van der Waals surface area contributed by atoms with Gasteiger partial charge in [-0.1, -0.05) is 16.4 Å². The first-order valence-corrected chi connectivity index (χ1v) is 4.10. The lowest BCUT2D eigenvalue weighted by atomic mass is 10.2. The standard InChI is InChI=1S/C7H5ClO5/c9-6-4-2-1-3-5(6)7(10)13-8(11)12/h1-4,9H. The van der Waals surface area contributed by atoms with E-state index in [2.05, 4.69) is 4.29 Å². The van der Waals surface area contributed by atoms with Crippen LogP contribution >= 0.6 is 0 Å². The second kappa shape index (κ2) is 4.08. The van der Waals surface area contributed by atoms with E-state index in [-0.39, 0.29) is 11.3 Å². The van der Waals surface area contributed by atoms with Crippen LogP contribution < -0.4 is 9.32 Å². The monoisotopic (exact) mass is 204 g/mol. The molecule has 0 aliphatic carbocycles. The smallest absolute Gasteiger partial charge is 0.456 e. The van der Waals surface area contributed by atoms with Crippen LogP contribution in [0.2, 0.25) is 0 Å². The van der Waals surface area contributed by atoms with Gasteiger partial charge in [0.05, 0.1) is 0 Å². The fourth-order valence-electron chi connectivity index (χ4n) is 0.745.